The van der Waals surface area contributed by atoms with Crippen molar-refractivity contribution in [3.8, 4) is 0 Å². The smallest absolute Gasteiger partial charge is 0.224 e. The third-order valence-electron chi connectivity index (χ3n) is 3.76. The number of fused-ring (bicyclic) bond motifs is 1. The van der Waals surface area contributed by atoms with Gasteiger partial charge < -0.3 is 5.32 Å². The molecule has 1 amide bonds. The van der Waals surface area contributed by atoms with Crippen molar-refractivity contribution in [3.05, 3.63) is 35.4 Å². The number of amides is 1. The molecule has 0 saturated heterocycles. The Labute approximate surface area is 103 Å². The van der Waals surface area contributed by atoms with Gasteiger partial charge in [-0.3, -0.25) is 4.79 Å². The van der Waals surface area contributed by atoms with E-state index in [-0.39, 0.29) is 11.8 Å². The number of carbonyl (C=O) groups excluding carboxylic acids is 1. The van der Waals surface area contributed by atoms with Crippen LogP contribution >= 0.6 is 0 Å². The molecule has 2 atom stereocenters. The number of benzene rings is 1. The van der Waals surface area contributed by atoms with E-state index in [0.29, 0.717) is 5.92 Å². The fourth-order valence-corrected chi connectivity index (χ4v) is 2.63. The summed E-state index contributed by atoms with van der Waals surface area (Å²) in [5.41, 5.74) is 2.69. The van der Waals surface area contributed by atoms with Crippen LogP contribution < -0.4 is 5.32 Å². The molecule has 0 radical (unpaired) electrons. The van der Waals surface area contributed by atoms with Crippen molar-refractivity contribution in [2.75, 3.05) is 6.54 Å². The molecule has 92 valence electrons. The molecule has 2 heteroatoms. The summed E-state index contributed by atoms with van der Waals surface area (Å²) >= 11 is 0. The average Bonchev–Trinajstić information content (AvgIpc) is 2.68. The summed E-state index contributed by atoms with van der Waals surface area (Å²) in [4.78, 5) is 12.1. The molecule has 0 spiro atoms. The van der Waals surface area contributed by atoms with E-state index in [0.717, 1.165) is 25.8 Å². The van der Waals surface area contributed by atoms with E-state index in [9.17, 15) is 4.79 Å². The predicted molar refractivity (Wildman–Crippen MR) is 70.0 cm³/mol. The van der Waals surface area contributed by atoms with E-state index in [2.05, 4.69) is 43.4 Å². The van der Waals surface area contributed by atoms with Crippen LogP contribution in [-0.4, -0.2) is 12.5 Å². The minimum atomic E-state index is 0.129. The van der Waals surface area contributed by atoms with Crippen molar-refractivity contribution >= 4 is 5.91 Å². The van der Waals surface area contributed by atoms with Gasteiger partial charge in [-0.1, -0.05) is 44.5 Å². The minimum absolute atomic E-state index is 0.129. The van der Waals surface area contributed by atoms with E-state index in [1.54, 1.807) is 0 Å². The Hall–Kier alpha value is -1.31. The third kappa shape index (κ3) is 2.51. The second kappa shape index (κ2) is 5.35. The van der Waals surface area contributed by atoms with Crippen LogP contribution in [0.3, 0.4) is 0 Å². The zero-order chi connectivity index (χ0) is 12.3. The minimum Gasteiger partial charge on any atom is -0.356 e. The highest BCUT2D eigenvalue weighted by Crippen LogP contribution is 2.37. The number of hydrogen-bond donors (Lipinski definition) is 1. The van der Waals surface area contributed by atoms with E-state index in [4.69, 9.17) is 0 Å². The number of hydrogen-bond acceptors (Lipinski definition) is 1. The van der Waals surface area contributed by atoms with Gasteiger partial charge in [-0.15, -0.1) is 0 Å². The maximum atomic E-state index is 12.1. The average molecular weight is 231 g/mol. The highest BCUT2D eigenvalue weighted by molar-refractivity contribution is 5.81. The second-order valence-corrected chi connectivity index (χ2v) is 4.94. The molecule has 2 nitrogen and oxygen atoms in total. The first-order valence-electron chi connectivity index (χ1n) is 6.59. The molecule has 1 N–H and O–H groups in total. The molecule has 0 fully saturated rings. The largest absolute Gasteiger partial charge is 0.356 e. The van der Waals surface area contributed by atoms with Gasteiger partial charge in [-0.2, -0.15) is 0 Å². The molecule has 0 bridgehead atoms. The van der Waals surface area contributed by atoms with Gasteiger partial charge in [0, 0.05) is 12.5 Å². The zero-order valence-corrected chi connectivity index (χ0v) is 10.7. The van der Waals surface area contributed by atoms with Gasteiger partial charge in [-0.05, 0) is 29.9 Å². The Morgan fingerprint density at radius 2 is 2.18 bits per heavy atom. The van der Waals surface area contributed by atoms with Crippen molar-refractivity contribution in [1.29, 1.82) is 0 Å². The van der Waals surface area contributed by atoms with Crippen molar-refractivity contribution in [1.82, 2.24) is 5.32 Å². The summed E-state index contributed by atoms with van der Waals surface area (Å²) in [6, 6.07) is 8.42. The third-order valence-corrected chi connectivity index (χ3v) is 3.76. The highest BCUT2D eigenvalue weighted by Gasteiger charge is 2.33. The summed E-state index contributed by atoms with van der Waals surface area (Å²) in [5.74, 6) is 0.708. The molecule has 0 unspecified atom stereocenters. The van der Waals surface area contributed by atoms with Crippen LogP contribution in [0.2, 0.25) is 0 Å². The SMILES string of the molecule is CCCCNC(=O)[C@H]1Cc2ccccc2[C@@H]1C. The van der Waals surface area contributed by atoms with Crippen LogP contribution in [0.1, 0.15) is 43.7 Å². The van der Waals surface area contributed by atoms with Gasteiger partial charge in [0.25, 0.3) is 0 Å². The molecular weight excluding hydrogens is 210 g/mol. The van der Waals surface area contributed by atoms with Gasteiger partial charge in [0.1, 0.15) is 0 Å². The summed E-state index contributed by atoms with van der Waals surface area (Å²) in [6.07, 6.45) is 3.09. The predicted octanol–water partition coefficient (Wildman–Crippen LogP) is 2.88. The van der Waals surface area contributed by atoms with Gasteiger partial charge in [0.15, 0.2) is 0 Å². The maximum Gasteiger partial charge on any atom is 0.224 e. The van der Waals surface area contributed by atoms with Crippen molar-refractivity contribution < 1.29 is 4.79 Å². The normalized spacial score (nSPS) is 22.2. The van der Waals surface area contributed by atoms with E-state index in [1.165, 1.54) is 11.1 Å². The van der Waals surface area contributed by atoms with Crippen molar-refractivity contribution in [3.63, 3.8) is 0 Å². The fourth-order valence-electron chi connectivity index (χ4n) is 2.63. The first-order valence-corrected chi connectivity index (χ1v) is 6.59. The van der Waals surface area contributed by atoms with Crippen molar-refractivity contribution in [2.45, 2.75) is 39.0 Å². The van der Waals surface area contributed by atoms with Crippen LogP contribution in [0.25, 0.3) is 0 Å². The molecule has 1 aromatic rings. The van der Waals surface area contributed by atoms with Crippen molar-refractivity contribution in [2.24, 2.45) is 5.92 Å². The standard InChI is InChI=1S/C15H21NO/c1-3-4-9-16-15(17)14-10-12-7-5-6-8-13(12)11(14)2/h5-8,11,14H,3-4,9-10H2,1-2H3,(H,16,17)/t11-,14-/m0/s1. The second-order valence-electron chi connectivity index (χ2n) is 4.94. The Bertz CT molecular complexity index is 400. The van der Waals surface area contributed by atoms with E-state index < -0.39 is 0 Å². The molecule has 0 heterocycles. The maximum absolute atomic E-state index is 12.1. The lowest BCUT2D eigenvalue weighted by Gasteiger charge is -2.15. The molecular formula is C15H21NO. The summed E-state index contributed by atoms with van der Waals surface area (Å²) in [7, 11) is 0. The van der Waals surface area contributed by atoms with Crippen LogP contribution in [0.15, 0.2) is 24.3 Å². The van der Waals surface area contributed by atoms with Crippen LogP contribution in [0.4, 0.5) is 0 Å². The van der Waals surface area contributed by atoms with E-state index in [1.807, 2.05) is 0 Å². The Kier molecular flexibility index (Phi) is 3.82. The Balaban J connectivity index is 1.99. The van der Waals surface area contributed by atoms with Gasteiger partial charge >= 0.3 is 0 Å². The summed E-state index contributed by atoms with van der Waals surface area (Å²) in [6.45, 7) is 5.12. The quantitative estimate of drug-likeness (QED) is 0.793. The molecule has 17 heavy (non-hydrogen) atoms. The first kappa shape index (κ1) is 12.2. The zero-order valence-electron chi connectivity index (χ0n) is 10.7. The van der Waals surface area contributed by atoms with Crippen LogP contribution in [0.5, 0.6) is 0 Å². The lowest BCUT2D eigenvalue weighted by atomic mass is 9.94. The van der Waals surface area contributed by atoms with Crippen LogP contribution in [0, 0.1) is 5.92 Å². The monoisotopic (exact) mass is 231 g/mol. The molecule has 2 rings (SSSR count). The molecule has 0 aliphatic heterocycles. The number of unbranched alkanes of at least 4 members (excludes halogenated alkanes) is 1. The van der Waals surface area contributed by atoms with Crippen LogP contribution in [-0.2, 0) is 11.2 Å². The molecule has 0 saturated carbocycles. The van der Waals surface area contributed by atoms with Gasteiger partial charge in [0.05, 0.1) is 0 Å². The highest BCUT2D eigenvalue weighted by atomic mass is 16.1. The first-order chi connectivity index (χ1) is 8.24. The Morgan fingerprint density at radius 3 is 2.88 bits per heavy atom. The number of rotatable bonds is 4. The topological polar surface area (TPSA) is 29.1 Å². The molecule has 1 aliphatic carbocycles. The number of carbonyl (C=O) groups is 1. The fraction of sp³-hybridized carbons (Fsp3) is 0.533. The Morgan fingerprint density at radius 1 is 1.41 bits per heavy atom. The van der Waals surface area contributed by atoms with E-state index >= 15 is 0 Å². The number of nitrogens with one attached hydrogen (secondary N) is 1. The lowest BCUT2D eigenvalue weighted by molar-refractivity contribution is -0.125. The lowest BCUT2D eigenvalue weighted by Crippen LogP contribution is -2.33. The summed E-state index contributed by atoms with van der Waals surface area (Å²) < 4.78 is 0. The van der Waals surface area contributed by atoms with Gasteiger partial charge in [0.2, 0.25) is 5.91 Å². The summed E-state index contributed by atoms with van der Waals surface area (Å²) in [5, 5.41) is 3.05. The molecule has 1 aromatic carbocycles. The molecule has 1 aliphatic rings. The van der Waals surface area contributed by atoms with Gasteiger partial charge in [-0.25, -0.2) is 0 Å². The molecule has 0 aromatic heterocycles.